The van der Waals surface area contributed by atoms with Crippen molar-refractivity contribution in [1.29, 1.82) is 0 Å². The van der Waals surface area contributed by atoms with Crippen LogP contribution in [0.5, 0.6) is 0 Å². The van der Waals surface area contributed by atoms with Crippen LogP contribution in [0.4, 0.5) is 0 Å². The zero-order chi connectivity index (χ0) is 11.4. The molecule has 0 aliphatic heterocycles. The number of hydrogen-bond acceptors (Lipinski definition) is 1. The molecule has 1 aliphatic carbocycles. The quantitative estimate of drug-likeness (QED) is 0.795. The Kier molecular flexibility index (Phi) is 4.00. The molecular formula is C15H23N. The Bertz CT molecular complexity index is 300. The van der Waals surface area contributed by atoms with Crippen LogP contribution in [0.1, 0.15) is 44.6 Å². The Morgan fingerprint density at radius 3 is 2.38 bits per heavy atom. The summed E-state index contributed by atoms with van der Waals surface area (Å²) >= 11 is 0. The standard InChI is InChI=1S/C15H23N/c1-12(2)16-11-15(14-9-6-10-14)13-7-4-3-5-8-13/h3-5,7-8,12,14-16H,6,9-11H2,1-2H3. The second-order valence-electron chi connectivity index (χ2n) is 5.27. The maximum absolute atomic E-state index is 3.59. The Morgan fingerprint density at radius 2 is 1.88 bits per heavy atom. The van der Waals surface area contributed by atoms with E-state index in [-0.39, 0.29) is 0 Å². The molecule has 88 valence electrons. The molecule has 1 aliphatic rings. The van der Waals surface area contributed by atoms with Crippen molar-refractivity contribution in [3.05, 3.63) is 35.9 Å². The Hall–Kier alpha value is -0.820. The molecule has 1 nitrogen and oxygen atoms in total. The number of rotatable bonds is 5. The molecule has 1 N–H and O–H groups in total. The first-order valence-electron chi connectivity index (χ1n) is 6.55. The summed E-state index contributed by atoms with van der Waals surface area (Å²) in [6.45, 7) is 5.58. The normalized spacial score (nSPS) is 18.4. The fraction of sp³-hybridized carbons (Fsp3) is 0.600. The van der Waals surface area contributed by atoms with E-state index in [4.69, 9.17) is 0 Å². The van der Waals surface area contributed by atoms with E-state index in [1.54, 1.807) is 0 Å². The molecule has 0 saturated heterocycles. The predicted octanol–water partition coefficient (Wildman–Crippen LogP) is 3.57. The van der Waals surface area contributed by atoms with Crippen LogP contribution in [-0.2, 0) is 0 Å². The van der Waals surface area contributed by atoms with Gasteiger partial charge in [-0.3, -0.25) is 0 Å². The van der Waals surface area contributed by atoms with Gasteiger partial charge < -0.3 is 5.32 Å². The van der Waals surface area contributed by atoms with Crippen molar-refractivity contribution in [2.24, 2.45) is 5.92 Å². The van der Waals surface area contributed by atoms with Gasteiger partial charge in [-0.05, 0) is 30.2 Å². The van der Waals surface area contributed by atoms with Crippen LogP contribution < -0.4 is 5.32 Å². The third-order valence-electron chi connectivity index (χ3n) is 3.69. The Labute approximate surface area is 99.3 Å². The van der Waals surface area contributed by atoms with Crippen LogP contribution in [0, 0.1) is 5.92 Å². The first kappa shape index (κ1) is 11.7. The SMILES string of the molecule is CC(C)NCC(c1ccccc1)C1CCC1. The molecule has 2 rings (SSSR count). The molecule has 0 aromatic heterocycles. The monoisotopic (exact) mass is 217 g/mol. The van der Waals surface area contributed by atoms with E-state index in [0.29, 0.717) is 6.04 Å². The lowest BCUT2D eigenvalue weighted by Crippen LogP contribution is -2.33. The summed E-state index contributed by atoms with van der Waals surface area (Å²) in [6.07, 6.45) is 4.26. The van der Waals surface area contributed by atoms with E-state index in [1.165, 1.54) is 24.8 Å². The van der Waals surface area contributed by atoms with E-state index in [0.717, 1.165) is 18.4 Å². The van der Waals surface area contributed by atoms with Gasteiger partial charge in [-0.15, -0.1) is 0 Å². The van der Waals surface area contributed by atoms with Gasteiger partial charge >= 0.3 is 0 Å². The van der Waals surface area contributed by atoms with Gasteiger partial charge in [-0.25, -0.2) is 0 Å². The smallest absolute Gasteiger partial charge is 0.00251 e. The summed E-state index contributed by atoms with van der Waals surface area (Å²) < 4.78 is 0. The summed E-state index contributed by atoms with van der Waals surface area (Å²) in [5, 5.41) is 3.59. The van der Waals surface area contributed by atoms with E-state index in [9.17, 15) is 0 Å². The van der Waals surface area contributed by atoms with E-state index in [1.807, 2.05) is 0 Å². The van der Waals surface area contributed by atoms with Crippen LogP contribution in [0.15, 0.2) is 30.3 Å². The first-order valence-corrected chi connectivity index (χ1v) is 6.55. The van der Waals surface area contributed by atoms with Gasteiger partial charge in [0.15, 0.2) is 0 Å². The highest BCUT2D eigenvalue weighted by molar-refractivity contribution is 5.21. The molecule has 1 aromatic carbocycles. The van der Waals surface area contributed by atoms with E-state index >= 15 is 0 Å². The summed E-state index contributed by atoms with van der Waals surface area (Å²) in [4.78, 5) is 0. The molecule has 0 bridgehead atoms. The van der Waals surface area contributed by atoms with Crippen molar-refractivity contribution < 1.29 is 0 Å². The van der Waals surface area contributed by atoms with Gasteiger partial charge in [0.1, 0.15) is 0 Å². The minimum absolute atomic E-state index is 0.589. The topological polar surface area (TPSA) is 12.0 Å². The summed E-state index contributed by atoms with van der Waals surface area (Å²) in [5.74, 6) is 1.63. The van der Waals surface area contributed by atoms with Crippen LogP contribution >= 0.6 is 0 Å². The van der Waals surface area contributed by atoms with Crippen molar-refractivity contribution in [2.45, 2.75) is 45.1 Å². The van der Waals surface area contributed by atoms with Gasteiger partial charge in [0, 0.05) is 12.6 Å². The number of hydrogen-bond donors (Lipinski definition) is 1. The van der Waals surface area contributed by atoms with Crippen molar-refractivity contribution in [1.82, 2.24) is 5.32 Å². The molecule has 0 spiro atoms. The number of benzene rings is 1. The van der Waals surface area contributed by atoms with Gasteiger partial charge in [0.25, 0.3) is 0 Å². The molecule has 1 atom stereocenters. The fourth-order valence-corrected chi connectivity index (χ4v) is 2.46. The highest BCUT2D eigenvalue weighted by Crippen LogP contribution is 2.38. The summed E-state index contributed by atoms with van der Waals surface area (Å²) in [5.41, 5.74) is 1.51. The Balaban J connectivity index is 2.02. The van der Waals surface area contributed by atoms with Crippen molar-refractivity contribution >= 4 is 0 Å². The first-order chi connectivity index (χ1) is 7.77. The lowest BCUT2D eigenvalue weighted by molar-refractivity contribution is 0.252. The Morgan fingerprint density at radius 1 is 1.19 bits per heavy atom. The highest BCUT2D eigenvalue weighted by atomic mass is 14.9. The molecule has 1 heteroatoms. The van der Waals surface area contributed by atoms with E-state index < -0.39 is 0 Å². The third-order valence-corrected chi connectivity index (χ3v) is 3.69. The largest absolute Gasteiger partial charge is 0.314 e. The lowest BCUT2D eigenvalue weighted by atomic mass is 9.73. The molecular weight excluding hydrogens is 194 g/mol. The van der Waals surface area contributed by atoms with Gasteiger partial charge in [-0.1, -0.05) is 50.6 Å². The van der Waals surface area contributed by atoms with Crippen LogP contribution in [0.2, 0.25) is 0 Å². The second-order valence-corrected chi connectivity index (χ2v) is 5.27. The molecule has 0 radical (unpaired) electrons. The average molecular weight is 217 g/mol. The van der Waals surface area contributed by atoms with Gasteiger partial charge in [-0.2, -0.15) is 0 Å². The van der Waals surface area contributed by atoms with Crippen LogP contribution in [-0.4, -0.2) is 12.6 Å². The van der Waals surface area contributed by atoms with Crippen LogP contribution in [0.25, 0.3) is 0 Å². The van der Waals surface area contributed by atoms with E-state index in [2.05, 4.69) is 49.5 Å². The fourth-order valence-electron chi connectivity index (χ4n) is 2.46. The van der Waals surface area contributed by atoms with Crippen LogP contribution in [0.3, 0.4) is 0 Å². The third kappa shape index (κ3) is 2.85. The summed E-state index contributed by atoms with van der Waals surface area (Å²) in [7, 11) is 0. The minimum Gasteiger partial charge on any atom is -0.314 e. The summed E-state index contributed by atoms with van der Waals surface area (Å²) in [6, 6.07) is 11.6. The van der Waals surface area contributed by atoms with Gasteiger partial charge in [0.2, 0.25) is 0 Å². The maximum atomic E-state index is 3.59. The lowest BCUT2D eigenvalue weighted by Gasteiger charge is -2.35. The highest BCUT2D eigenvalue weighted by Gasteiger charge is 2.28. The molecule has 0 amide bonds. The molecule has 16 heavy (non-hydrogen) atoms. The minimum atomic E-state index is 0.589. The zero-order valence-electron chi connectivity index (χ0n) is 10.4. The molecule has 1 saturated carbocycles. The molecule has 1 fully saturated rings. The molecule has 1 unspecified atom stereocenters. The molecule has 1 aromatic rings. The maximum Gasteiger partial charge on any atom is 0.00251 e. The number of nitrogens with one attached hydrogen (secondary N) is 1. The average Bonchev–Trinajstić information content (AvgIpc) is 2.22. The van der Waals surface area contributed by atoms with Crippen molar-refractivity contribution in [2.75, 3.05) is 6.54 Å². The van der Waals surface area contributed by atoms with Gasteiger partial charge in [0.05, 0.1) is 0 Å². The zero-order valence-corrected chi connectivity index (χ0v) is 10.4. The molecule has 0 heterocycles. The predicted molar refractivity (Wildman–Crippen MR) is 69.7 cm³/mol. The van der Waals surface area contributed by atoms with Crippen molar-refractivity contribution in [3.8, 4) is 0 Å². The second kappa shape index (κ2) is 5.49. The van der Waals surface area contributed by atoms with Crippen molar-refractivity contribution in [3.63, 3.8) is 0 Å².